The van der Waals surface area contributed by atoms with Gasteiger partial charge < -0.3 is 24.8 Å². The molecule has 1 atom stereocenters. The minimum atomic E-state index is -0.646. The zero-order chi connectivity index (χ0) is 22.9. The maximum absolute atomic E-state index is 12.1. The Hall–Kier alpha value is -2.28. The molecule has 0 aromatic heterocycles. The Morgan fingerprint density at radius 3 is 2.35 bits per heavy atom. The average molecular weight is 435 g/mol. The molecule has 0 unspecified atom stereocenters. The van der Waals surface area contributed by atoms with Crippen molar-refractivity contribution in [1.29, 1.82) is 0 Å². The smallest absolute Gasteiger partial charge is 0.410 e. The SMILES string of the molecule is COC(=O)[C@@H](N)Cc1ccc(OCCCCC2CCN(C(=O)OC(C)(C)C)CC2)cc1. The Kier molecular flexibility index (Phi) is 9.62. The summed E-state index contributed by atoms with van der Waals surface area (Å²) in [5, 5.41) is 0. The van der Waals surface area contributed by atoms with Gasteiger partial charge in [-0.15, -0.1) is 0 Å². The van der Waals surface area contributed by atoms with Crippen molar-refractivity contribution in [3.05, 3.63) is 29.8 Å². The van der Waals surface area contributed by atoms with E-state index in [1.54, 1.807) is 0 Å². The van der Waals surface area contributed by atoms with Crippen LogP contribution in [0.2, 0.25) is 0 Å². The predicted molar refractivity (Wildman–Crippen MR) is 120 cm³/mol. The summed E-state index contributed by atoms with van der Waals surface area (Å²) >= 11 is 0. The lowest BCUT2D eigenvalue weighted by Crippen LogP contribution is -2.41. The molecule has 31 heavy (non-hydrogen) atoms. The van der Waals surface area contributed by atoms with Crippen LogP contribution in [0.4, 0.5) is 4.79 Å². The monoisotopic (exact) mass is 434 g/mol. The van der Waals surface area contributed by atoms with Crippen molar-refractivity contribution in [2.24, 2.45) is 11.7 Å². The van der Waals surface area contributed by atoms with Gasteiger partial charge in [0.25, 0.3) is 0 Å². The summed E-state index contributed by atoms with van der Waals surface area (Å²) in [4.78, 5) is 25.4. The molecule has 0 aliphatic carbocycles. The van der Waals surface area contributed by atoms with E-state index < -0.39 is 17.6 Å². The molecule has 1 heterocycles. The van der Waals surface area contributed by atoms with Gasteiger partial charge in [0.2, 0.25) is 0 Å². The number of amides is 1. The third-order valence-electron chi connectivity index (χ3n) is 5.42. The fourth-order valence-corrected chi connectivity index (χ4v) is 3.67. The van der Waals surface area contributed by atoms with Crippen LogP contribution in [0.3, 0.4) is 0 Å². The highest BCUT2D eigenvalue weighted by atomic mass is 16.6. The number of benzene rings is 1. The van der Waals surface area contributed by atoms with Crippen LogP contribution in [0.5, 0.6) is 5.75 Å². The van der Waals surface area contributed by atoms with Gasteiger partial charge in [-0.25, -0.2) is 4.79 Å². The van der Waals surface area contributed by atoms with E-state index in [0.29, 0.717) is 18.9 Å². The Morgan fingerprint density at radius 2 is 1.77 bits per heavy atom. The van der Waals surface area contributed by atoms with Crippen LogP contribution in [0.15, 0.2) is 24.3 Å². The first kappa shape index (κ1) is 25.0. The number of esters is 1. The molecule has 2 rings (SSSR count). The van der Waals surface area contributed by atoms with Gasteiger partial charge in [0, 0.05) is 13.1 Å². The molecule has 0 spiro atoms. The maximum atomic E-state index is 12.1. The lowest BCUT2D eigenvalue weighted by Gasteiger charge is -2.33. The first-order valence-corrected chi connectivity index (χ1v) is 11.2. The van der Waals surface area contributed by atoms with Gasteiger partial charge in [0.05, 0.1) is 13.7 Å². The van der Waals surface area contributed by atoms with Crippen molar-refractivity contribution < 1.29 is 23.8 Å². The van der Waals surface area contributed by atoms with Crippen molar-refractivity contribution in [1.82, 2.24) is 4.90 Å². The Labute approximate surface area is 186 Å². The second kappa shape index (κ2) is 11.9. The molecule has 0 radical (unpaired) electrons. The normalized spacial score (nSPS) is 16.0. The van der Waals surface area contributed by atoms with E-state index in [1.165, 1.54) is 7.11 Å². The number of carbonyl (C=O) groups excluding carboxylic acids is 2. The van der Waals surface area contributed by atoms with E-state index >= 15 is 0 Å². The summed E-state index contributed by atoms with van der Waals surface area (Å²) in [6.07, 6.45) is 5.60. The van der Waals surface area contributed by atoms with Gasteiger partial charge in [0.1, 0.15) is 17.4 Å². The minimum Gasteiger partial charge on any atom is -0.494 e. The second-order valence-electron chi connectivity index (χ2n) is 9.23. The van der Waals surface area contributed by atoms with E-state index in [2.05, 4.69) is 4.74 Å². The standard InChI is InChI=1S/C24H38N2O5/c1-24(2,3)31-23(28)26-14-12-18(13-15-26)7-5-6-16-30-20-10-8-19(9-11-20)17-21(25)22(27)29-4/h8-11,18,21H,5-7,12-17,25H2,1-4H3/t21-/m0/s1. The summed E-state index contributed by atoms with van der Waals surface area (Å²) in [6, 6.07) is 7.03. The highest BCUT2D eigenvalue weighted by Gasteiger charge is 2.26. The fraction of sp³-hybridized carbons (Fsp3) is 0.667. The largest absolute Gasteiger partial charge is 0.494 e. The molecule has 1 aromatic carbocycles. The quantitative estimate of drug-likeness (QED) is 0.468. The summed E-state index contributed by atoms with van der Waals surface area (Å²) in [5.74, 6) is 1.08. The number of methoxy groups -OCH3 is 1. The molecular formula is C24H38N2O5. The molecule has 1 aliphatic rings. The summed E-state index contributed by atoms with van der Waals surface area (Å²) in [5.41, 5.74) is 6.32. The zero-order valence-corrected chi connectivity index (χ0v) is 19.4. The van der Waals surface area contributed by atoms with E-state index in [4.69, 9.17) is 15.2 Å². The van der Waals surface area contributed by atoms with Crippen molar-refractivity contribution in [3.63, 3.8) is 0 Å². The third kappa shape index (κ3) is 9.17. The molecule has 2 N–H and O–H groups in total. The van der Waals surface area contributed by atoms with Crippen LogP contribution in [-0.4, -0.2) is 55.4 Å². The lowest BCUT2D eigenvalue weighted by molar-refractivity contribution is -0.142. The molecule has 1 amide bonds. The first-order valence-electron chi connectivity index (χ1n) is 11.2. The molecule has 1 aliphatic heterocycles. The maximum Gasteiger partial charge on any atom is 0.410 e. The van der Waals surface area contributed by atoms with Crippen molar-refractivity contribution in [2.45, 2.75) is 70.9 Å². The van der Waals surface area contributed by atoms with Crippen LogP contribution < -0.4 is 10.5 Å². The zero-order valence-electron chi connectivity index (χ0n) is 19.4. The number of unbranched alkanes of at least 4 members (excludes halogenated alkanes) is 1. The molecule has 7 nitrogen and oxygen atoms in total. The van der Waals surface area contributed by atoms with Crippen LogP contribution >= 0.6 is 0 Å². The van der Waals surface area contributed by atoms with Gasteiger partial charge in [-0.2, -0.15) is 0 Å². The number of hydrogen-bond donors (Lipinski definition) is 1. The fourth-order valence-electron chi connectivity index (χ4n) is 3.67. The van der Waals surface area contributed by atoms with E-state index in [0.717, 1.165) is 56.5 Å². The summed E-state index contributed by atoms with van der Waals surface area (Å²) in [7, 11) is 1.34. The number of nitrogens with zero attached hydrogens (tertiary/aromatic N) is 1. The molecule has 1 fully saturated rings. The van der Waals surface area contributed by atoms with Crippen molar-refractivity contribution >= 4 is 12.1 Å². The Balaban J connectivity index is 1.58. The molecule has 0 bridgehead atoms. The number of nitrogens with two attached hydrogens (primary N) is 1. The molecule has 7 heteroatoms. The number of rotatable bonds is 9. The highest BCUT2D eigenvalue weighted by molar-refractivity contribution is 5.75. The average Bonchev–Trinajstić information content (AvgIpc) is 2.73. The number of carbonyl (C=O) groups is 2. The Bertz CT molecular complexity index is 691. The number of piperidine rings is 1. The minimum absolute atomic E-state index is 0.197. The molecule has 0 saturated carbocycles. The van der Waals surface area contributed by atoms with Gasteiger partial charge in [0.15, 0.2) is 0 Å². The van der Waals surface area contributed by atoms with Gasteiger partial charge >= 0.3 is 12.1 Å². The van der Waals surface area contributed by atoms with E-state index in [9.17, 15) is 9.59 Å². The number of hydrogen-bond acceptors (Lipinski definition) is 6. The molecule has 1 saturated heterocycles. The molecule has 174 valence electrons. The number of likely N-dealkylation sites (tertiary alicyclic amines) is 1. The topological polar surface area (TPSA) is 91.1 Å². The summed E-state index contributed by atoms with van der Waals surface area (Å²) in [6.45, 7) is 7.93. The second-order valence-corrected chi connectivity index (χ2v) is 9.23. The van der Waals surface area contributed by atoms with Crippen LogP contribution in [0, 0.1) is 5.92 Å². The highest BCUT2D eigenvalue weighted by Crippen LogP contribution is 2.24. The predicted octanol–water partition coefficient (Wildman–Crippen LogP) is 3.93. The lowest BCUT2D eigenvalue weighted by atomic mass is 9.92. The van der Waals surface area contributed by atoms with E-state index in [-0.39, 0.29) is 6.09 Å². The summed E-state index contributed by atoms with van der Waals surface area (Å²) < 4.78 is 15.9. The van der Waals surface area contributed by atoms with Crippen LogP contribution in [0.25, 0.3) is 0 Å². The number of ether oxygens (including phenoxy) is 3. The van der Waals surface area contributed by atoms with E-state index in [1.807, 2.05) is 49.9 Å². The van der Waals surface area contributed by atoms with Gasteiger partial charge in [-0.1, -0.05) is 18.6 Å². The third-order valence-corrected chi connectivity index (χ3v) is 5.42. The molecule has 1 aromatic rings. The van der Waals surface area contributed by atoms with Crippen molar-refractivity contribution in [2.75, 3.05) is 26.8 Å². The van der Waals surface area contributed by atoms with Gasteiger partial charge in [-0.05, 0) is 76.5 Å². The van der Waals surface area contributed by atoms with Crippen LogP contribution in [0.1, 0.15) is 58.4 Å². The van der Waals surface area contributed by atoms with Crippen molar-refractivity contribution in [3.8, 4) is 5.75 Å². The Morgan fingerprint density at radius 1 is 1.13 bits per heavy atom. The first-order chi connectivity index (χ1) is 14.7. The van der Waals surface area contributed by atoms with Gasteiger partial charge in [-0.3, -0.25) is 4.79 Å². The molecular weight excluding hydrogens is 396 g/mol. The van der Waals surface area contributed by atoms with Crippen LogP contribution in [-0.2, 0) is 20.7 Å².